The molecule has 4 rings (SSSR count). The molecule has 1 aliphatic heterocycles. The topological polar surface area (TPSA) is 68.3 Å². The van der Waals surface area contributed by atoms with Gasteiger partial charge in [0.1, 0.15) is 24.7 Å². The normalized spacial score (nSPS) is 14.7. The Balaban J connectivity index is 1.51. The van der Waals surface area contributed by atoms with E-state index in [1.165, 1.54) is 4.88 Å². The molecule has 0 saturated heterocycles. The summed E-state index contributed by atoms with van der Waals surface area (Å²) in [5, 5.41) is 2.07. The highest BCUT2D eigenvalue weighted by atomic mass is 32.1. The fraction of sp³-hybridized carbons (Fsp3) is 0.357. The zero-order valence-electron chi connectivity index (χ0n) is 20.7. The molecule has 0 fully saturated rings. The molecule has 8 heteroatoms. The molecule has 7 nitrogen and oxygen atoms in total. The smallest absolute Gasteiger partial charge is 0.254 e. The fourth-order valence-corrected chi connectivity index (χ4v) is 5.32. The lowest BCUT2D eigenvalue weighted by Gasteiger charge is -2.37. The second-order valence-corrected chi connectivity index (χ2v) is 9.58. The predicted molar refractivity (Wildman–Crippen MR) is 140 cm³/mol. The lowest BCUT2D eigenvalue weighted by Crippen LogP contribution is -2.48. The summed E-state index contributed by atoms with van der Waals surface area (Å²) in [4.78, 5) is 31.8. The van der Waals surface area contributed by atoms with Crippen LogP contribution in [0, 0.1) is 0 Å². The van der Waals surface area contributed by atoms with Crippen molar-refractivity contribution < 1.29 is 23.8 Å². The van der Waals surface area contributed by atoms with Crippen molar-refractivity contribution in [2.75, 3.05) is 47.1 Å². The molecule has 190 valence electrons. The number of ether oxygens (including phenoxy) is 3. The average molecular weight is 509 g/mol. The number of benzene rings is 2. The Hall–Kier alpha value is -3.36. The lowest BCUT2D eigenvalue weighted by atomic mass is 10.0. The van der Waals surface area contributed by atoms with Gasteiger partial charge in [0.2, 0.25) is 5.91 Å². The Morgan fingerprint density at radius 2 is 1.81 bits per heavy atom. The second kappa shape index (κ2) is 12.6. The minimum atomic E-state index is -0.204. The molecule has 2 aromatic carbocycles. The molecule has 0 saturated carbocycles. The summed E-state index contributed by atoms with van der Waals surface area (Å²) in [6.45, 7) is 1.88. The van der Waals surface area contributed by atoms with Crippen LogP contribution in [0.3, 0.4) is 0 Å². The van der Waals surface area contributed by atoms with Crippen molar-refractivity contribution in [2.45, 2.75) is 18.9 Å². The maximum Gasteiger partial charge on any atom is 0.254 e. The van der Waals surface area contributed by atoms with E-state index in [1.54, 1.807) is 54.7 Å². The van der Waals surface area contributed by atoms with Crippen LogP contribution in [0.25, 0.3) is 0 Å². The number of carbonyl (C=O) groups is 2. The van der Waals surface area contributed by atoms with Crippen molar-refractivity contribution in [3.05, 3.63) is 82.0 Å². The number of rotatable bonds is 11. The molecule has 2 heterocycles. The standard InChI is InChI=1S/C28H32N2O5S/c1-33-17-6-15-29(28(32)21-9-11-22(34-2)12-10-21)19-27(31)30-16-13-26-24(14-18-36-26)25(30)20-35-23-7-4-3-5-8-23/h3-5,7-12,14,18,25H,6,13,15-17,19-20H2,1-2H3/t25-/m0/s1. The van der Waals surface area contributed by atoms with Gasteiger partial charge in [-0.3, -0.25) is 9.59 Å². The van der Waals surface area contributed by atoms with Gasteiger partial charge in [-0.05, 0) is 66.2 Å². The van der Waals surface area contributed by atoms with E-state index in [-0.39, 0.29) is 24.4 Å². The van der Waals surface area contributed by atoms with Gasteiger partial charge in [0.25, 0.3) is 5.91 Å². The van der Waals surface area contributed by atoms with Gasteiger partial charge >= 0.3 is 0 Å². The van der Waals surface area contributed by atoms with Gasteiger partial charge in [-0.1, -0.05) is 18.2 Å². The maximum atomic E-state index is 13.7. The predicted octanol–water partition coefficient (Wildman–Crippen LogP) is 4.44. The van der Waals surface area contributed by atoms with E-state index in [2.05, 4.69) is 11.4 Å². The van der Waals surface area contributed by atoms with Gasteiger partial charge in [0, 0.05) is 37.2 Å². The van der Waals surface area contributed by atoms with Crippen molar-refractivity contribution in [1.82, 2.24) is 9.80 Å². The molecular formula is C28H32N2O5S. The Morgan fingerprint density at radius 1 is 1.03 bits per heavy atom. The molecule has 0 bridgehead atoms. The number of hydrogen-bond donors (Lipinski definition) is 0. The Kier molecular flexibility index (Phi) is 8.97. The molecule has 0 N–H and O–H groups in total. The number of amides is 2. The highest BCUT2D eigenvalue weighted by molar-refractivity contribution is 7.10. The SMILES string of the molecule is COCCCN(CC(=O)N1CCc2sccc2[C@@H]1COc1ccccc1)C(=O)c1ccc(OC)cc1. The van der Waals surface area contributed by atoms with Gasteiger partial charge in [-0.15, -0.1) is 11.3 Å². The van der Waals surface area contributed by atoms with Crippen molar-refractivity contribution >= 4 is 23.2 Å². The zero-order chi connectivity index (χ0) is 25.3. The van der Waals surface area contributed by atoms with Gasteiger partial charge < -0.3 is 24.0 Å². The third-order valence-corrected chi connectivity index (χ3v) is 7.29. The highest BCUT2D eigenvalue weighted by Gasteiger charge is 2.33. The van der Waals surface area contributed by atoms with Gasteiger partial charge in [-0.2, -0.15) is 0 Å². The molecule has 0 aliphatic carbocycles. The highest BCUT2D eigenvalue weighted by Crippen LogP contribution is 2.34. The number of nitrogens with zero attached hydrogens (tertiary/aromatic N) is 2. The summed E-state index contributed by atoms with van der Waals surface area (Å²) < 4.78 is 16.5. The van der Waals surface area contributed by atoms with Crippen molar-refractivity contribution in [2.24, 2.45) is 0 Å². The van der Waals surface area contributed by atoms with Crippen LogP contribution in [-0.4, -0.2) is 68.7 Å². The van der Waals surface area contributed by atoms with Crippen LogP contribution in [0.1, 0.15) is 33.3 Å². The van der Waals surface area contributed by atoms with E-state index in [0.29, 0.717) is 44.0 Å². The van der Waals surface area contributed by atoms with Crippen LogP contribution in [0.2, 0.25) is 0 Å². The Morgan fingerprint density at radius 3 is 2.53 bits per heavy atom. The van der Waals surface area contributed by atoms with E-state index in [1.807, 2.05) is 35.2 Å². The molecule has 0 unspecified atom stereocenters. The number of carbonyl (C=O) groups excluding carboxylic acids is 2. The summed E-state index contributed by atoms with van der Waals surface area (Å²) in [5.74, 6) is 1.16. The van der Waals surface area contributed by atoms with Crippen LogP contribution in [-0.2, 0) is 16.0 Å². The second-order valence-electron chi connectivity index (χ2n) is 8.58. The van der Waals surface area contributed by atoms with Crippen molar-refractivity contribution in [3.8, 4) is 11.5 Å². The first-order chi connectivity index (χ1) is 17.6. The minimum absolute atomic E-state index is 0.00408. The van der Waals surface area contributed by atoms with E-state index in [4.69, 9.17) is 14.2 Å². The van der Waals surface area contributed by atoms with Crippen LogP contribution in [0.15, 0.2) is 66.0 Å². The quantitative estimate of drug-likeness (QED) is 0.358. The number of para-hydroxylation sites is 1. The summed E-state index contributed by atoms with van der Waals surface area (Å²) in [6, 6.07) is 18.5. The first-order valence-electron chi connectivity index (χ1n) is 12.1. The number of methoxy groups -OCH3 is 2. The molecule has 3 aromatic rings. The summed E-state index contributed by atoms with van der Waals surface area (Å²) in [7, 11) is 3.21. The number of thiophene rings is 1. The molecular weight excluding hydrogens is 476 g/mol. The largest absolute Gasteiger partial charge is 0.497 e. The van der Waals surface area contributed by atoms with Gasteiger partial charge in [-0.25, -0.2) is 0 Å². The number of fused-ring (bicyclic) bond motifs is 1. The Bertz CT molecular complexity index is 1130. The van der Waals surface area contributed by atoms with Crippen LogP contribution in [0.4, 0.5) is 0 Å². The van der Waals surface area contributed by atoms with Crippen LogP contribution < -0.4 is 9.47 Å². The molecule has 36 heavy (non-hydrogen) atoms. The summed E-state index contributed by atoms with van der Waals surface area (Å²) >= 11 is 1.71. The first kappa shape index (κ1) is 25.7. The monoisotopic (exact) mass is 508 g/mol. The Labute approximate surface area is 216 Å². The third-order valence-electron chi connectivity index (χ3n) is 6.29. The lowest BCUT2D eigenvalue weighted by molar-refractivity contribution is -0.135. The van der Waals surface area contributed by atoms with Gasteiger partial charge in [0.15, 0.2) is 0 Å². The van der Waals surface area contributed by atoms with E-state index >= 15 is 0 Å². The molecule has 0 radical (unpaired) electrons. The molecule has 1 aromatic heterocycles. The van der Waals surface area contributed by atoms with E-state index in [0.717, 1.165) is 17.7 Å². The molecule has 2 amide bonds. The molecule has 1 aliphatic rings. The van der Waals surface area contributed by atoms with E-state index in [9.17, 15) is 9.59 Å². The average Bonchev–Trinajstić information content (AvgIpc) is 3.40. The van der Waals surface area contributed by atoms with Crippen LogP contribution in [0.5, 0.6) is 11.5 Å². The third kappa shape index (κ3) is 6.25. The van der Waals surface area contributed by atoms with Crippen LogP contribution >= 0.6 is 11.3 Å². The van der Waals surface area contributed by atoms with Gasteiger partial charge in [0.05, 0.1) is 13.2 Å². The minimum Gasteiger partial charge on any atom is -0.497 e. The van der Waals surface area contributed by atoms with Crippen molar-refractivity contribution in [3.63, 3.8) is 0 Å². The number of hydrogen-bond acceptors (Lipinski definition) is 6. The van der Waals surface area contributed by atoms with Crippen molar-refractivity contribution in [1.29, 1.82) is 0 Å². The zero-order valence-corrected chi connectivity index (χ0v) is 21.5. The maximum absolute atomic E-state index is 13.7. The molecule has 1 atom stereocenters. The molecule has 0 spiro atoms. The first-order valence-corrected chi connectivity index (χ1v) is 12.9. The van der Waals surface area contributed by atoms with E-state index < -0.39 is 0 Å². The fourth-order valence-electron chi connectivity index (χ4n) is 4.39. The summed E-state index contributed by atoms with van der Waals surface area (Å²) in [5.41, 5.74) is 1.65. The summed E-state index contributed by atoms with van der Waals surface area (Å²) in [6.07, 6.45) is 1.44.